The van der Waals surface area contributed by atoms with Gasteiger partial charge in [0.25, 0.3) is 0 Å². The number of carbonyl (C=O) groups excluding carboxylic acids is 1. The molecule has 0 spiro atoms. The van der Waals surface area contributed by atoms with E-state index in [1.807, 2.05) is 18.2 Å². The van der Waals surface area contributed by atoms with Crippen LogP contribution in [0.25, 0.3) is 0 Å². The zero-order valence-corrected chi connectivity index (χ0v) is 18.8. The van der Waals surface area contributed by atoms with Gasteiger partial charge < -0.3 is 10.2 Å². The molecule has 1 aromatic heterocycles. The first kappa shape index (κ1) is 22.0. The van der Waals surface area contributed by atoms with Crippen LogP contribution in [-0.2, 0) is 14.8 Å². The van der Waals surface area contributed by atoms with Crippen LogP contribution < -0.4 is 10.2 Å². The molecule has 1 N–H and O–H groups in total. The summed E-state index contributed by atoms with van der Waals surface area (Å²) in [6, 6.07) is 10.3. The Bertz CT molecular complexity index is 1020. The molecule has 1 aromatic carbocycles. The number of sulfonamides is 1. The third-order valence-corrected chi connectivity index (χ3v) is 7.85. The predicted octanol–water partition coefficient (Wildman–Crippen LogP) is 2.28. The lowest BCUT2D eigenvalue weighted by molar-refractivity contribution is -0.117. The monoisotopic (exact) mass is 463 g/mol. The number of rotatable bonds is 6. The van der Waals surface area contributed by atoms with Crippen molar-refractivity contribution in [3.63, 3.8) is 0 Å². The van der Waals surface area contributed by atoms with Crippen LogP contribution in [0.2, 0.25) is 5.02 Å². The number of hydrogen-bond donors (Lipinski definition) is 1. The zero-order valence-electron chi connectivity index (χ0n) is 17.2. The van der Waals surface area contributed by atoms with Crippen LogP contribution in [0.1, 0.15) is 12.8 Å². The fraction of sp³-hybridized carbons (Fsp3) is 0.429. The summed E-state index contributed by atoms with van der Waals surface area (Å²) in [5.41, 5.74) is 0.319. The molecule has 2 aliphatic rings. The van der Waals surface area contributed by atoms with Crippen molar-refractivity contribution in [3.05, 3.63) is 47.6 Å². The lowest BCUT2D eigenvalue weighted by Gasteiger charge is -2.34. The average molecular weight is 464 g/mol. The Morgan fingerprint density at radius 2 is 1.77 bits per heavy atom. The highest BCUT2D eigenvalue weighted by Gasteiger charge is 2.28. The number of halogens is 1. The summed E-state index contributed by atoms with van der Waals surface area (Å²) in [6.45, 7) is 4.31. The molecule has 4 rings (SSSR count). The lowest BCUT2D eigenvalue weighted by atomic mass is 10.3. The van der Waals surface area contributed by atoms with E-state index < -0.39 is 10.0 Å². The fourth-order valence-corrected chi connectivity index (χ4v) is 5.62. The number of hydrogen-bond acceptors (Lipinski definition) is 6. The van der Waals surface area contributed by atoms with E-state index in [1.165, 1.54) is 22.5 Å². The SMILES string of the molecule is O=C(CN1CCN(c2ccccn2)CC1)Nc1cc(S(=O)(=O)N2CCCC2)ccc1Cl. The molecule has 0 aliphatic carbocycles. The smallest absolute Gasteiger partial charge is 0.243 e. The number of pyridine rings is 1. The topological polar surface area (TPSA) is 85.9 Å². The predicted molar refractivity (Wildman–Crippen MR) is 121 cm³/mol. The van der Waals surface area contributed by atoms with Gasteiger partial charge in [-0.25, -0.2) is 13.4 Å². The van der Waals surface area contributed by atoms with Crippen LogP contribution in [-0.4, -0.2) is 74.3 Å². The minimum Gasteiger partial charge on any atom is -0.354 e. The second kappa shape index (κ2) is 9.52. The van der Waals surface area contributed by atoms with E-state index in [1.54, 1.807) is 6.20 Å². The van der Waals surface area contributed by atoms with E-state index in [0.717, 1.165) is 44.8 Å². The summed E-state index contributed by atoms with van der Waals surface area (Å²) in [7, 11) is -3.57. The van der Waals surface area contributed by atoms with Gasteiger partial charge >= 0.3 is 0 Å². The molecule has 166 valence electrons. The number of aromatic nitrogens is 1. The van der Waals surface area contributed by atoms with Gasteiger partial charge in [-0.2, -0.15) is 4.31 Å². The molecule has 0 saturated carbocycles. The molecule has 0 radical (unpaired) electrons. The number of nitrogens with zero attached hydrogens (tertiary/aromatic N) is 4. The molecule has 3 heterocycles. The molecule has 1 amide bonds. The Kier molecular flexibility index (Phi) is 6.76. The van der Waals surface area contributed by atoms with Crippen molar-refractivity contribution in [2.75, 3.05) is 56.0 Å². The van der Waals surface area contributed by atoms with E-state index in [4.69, 9.17) is 11.6 Å². The van der Waals surface area contributed by atoms with Gasteiger partial charge in [-0.15, -0.1) is 0 Å². The minimum absolute atomic E-state index is 0.151. The normalized spacial score (nSPS) is 18.3. The fourth-order valence-electron chi connectivity index (χ4n) is 3.91. The van der Waals surface area contributed by atoms with Gasteiger partial charge in [0.05, 0.1) is 22.2 Å². The highest BCUT2D eigenvalue weighted by Crippen LogP contribution is 2.28. The molecule has 2 aliphatic heterocycles. The van der Waals surface area contributed by atoms with Gasteiger partial charge in [0.1, 0.15) is 5.82 Å². The number of amides is 1. The second-order valence-electron chi connectivity index (χ2n) is 7.75. The molecule has 2 aromatic rings. The molecule has 2 fully saturated rings. The molecule has 0 unspecified atom stereocenters. The third-order valence-electron chi connectivity index (χ3n) is 5.63. The number of benzene rings is 1. The highest BCUT2D eigenvalue weighted by atomic mass is 35.5. The van der Waals surface area contributed by atoms with Crippen LogP contribution in [0.4, 0.5) is 11.5 Å². The van der Waals surface area contributed by atoms with Crippen molar-refractivity contribution >= 4 is 39.0 Å². The number of nitrogens with one attached hydrogen (secondary N) is 1. The second-order valence-corrected chi connectivity index (χ2v) is 10.1. The Morgan fingerprint density at radius 1 is 1.03 bits per heavy atom. The van der Waals surface area contributed by atoms with Gasteiger partial charge in [0, 0.05) is 45.5 Å². The molecule has 31 heavy (non-hydrogen) atoms. The summed E-state index contributed by atoms with van der Waals surface area (Å²) in [4.78, 5) is 21.4. The van der Waals surface area contributed by atoms with E-state index in [0.29, 0.717) is 23.8 Å². The Balaban J connectivity index is 1.36. The Labute approximate surface area is 187 Å². The van der Waals surface area contributed by atoms with Crippen molar-refractivity contribution in [1.82, 2.24) is 14.2 Å². The van der Waals surface area contributed by atoms with Crippen molar-refractivity contribution in [2.24, 2.45) is 0 Å². The van der Waals surface area contributed by atoms with Crippen molar-refractivity contribution in [1.29, 1.82) is 0 Å². The van der Waals surface area contributed by atoms with Crippen LogP contribution in [0.3, 0.4) is 0 Å². The van der Waals surface area contributed by atoms with Gasteiger partial charge in [-0.05, 0) is 43.2 Å². The molecular weight excluding hydrogens is 438 g/mol. The standard InChI is InChI=1S/C21H26ClN5O3S/c22-18-7-6-17(31(29,30)27-9-3-4-10-27)15-19(18)24-21(28)16-25-11-13-26(14-12-25)20-5-1-2-8-23-20/h1-2,5-8,15H,3-4,9-14,16H2,(H,24,28). The molecule has 0 bridgehead atoms. The summed E-state index contributed by atoms with van der Waals surface area (Å²) in [6.07, 6.45) is 3.50. The van der Waals surface area contributed by atoms with Crippen molar-refractivity contribution in [2.45, 2.75) is 17.7 Å². The van der Waals surface area contributed by atoms with Crippen LogP contribution in [0.15, 0.2) is 47.5 Å². The van der Waals surface area contributed by atoms with E-state index in [9.17, 15) is 13.2 Å². The maximum atomic E-state index is 12.8. The van der Waals surface area contributed by atoms with Crippen LogP contribution >= 0.6 is 11.6 Å². The molecule has 8 nitrogen and oxygen atoms in total. The Morgan fingerprint density at radius 3 is 2.45 bits per heavy atom. The molecular formula is C21H26ClN5O3S. The van der Waals surface area contributed by atoms with Gasteiger partial charge in [-0.1, -0.05) is 17.7 Å². The molecule has 10 heteroatoms. The molecule has 2 saturated heterocycles. The van der Waals surface area contributed by atoms with E-state index in [-0.39, 0.29) is 17.3 Å². The zero-order chi connectivity index (χ0) is 21.8. The maximum Gasteiger partial charge on any atom is 0.243 e. The number of piperazine rings is 1. The maximum absolute atomic E-state index is 12.8. The lowest BCUT2D eigenvalue weighted by Crippen LogP contribution is -2.48. The number of carbonyl (C=O) groups is 1. The third kappa shape index (κ3) is 5.17. The number of anilines is 2. The first-order valence-electron chi connectivity index (χ1n) is 10.4. The average Bonchev–Trinajstić information content (AvgIpc) is 3.32. The summed E-state index contributed by atoms with van der Waals surface area (Å²) < 4.78 is 27.1. The quantitative estimate of drug-likeness (QED) is 0.707. The summed E-state index contributed by atoms with van der Waals surface area (Å²) >= 11 is 6.23. The van der Waals surface area contributed by atoms with E-state index in [2.05, 4.69) is 20.1 Å². The Hall–Kier alpha value is -2.20. The summed E-state index contributed by atoms with van der Waals surface area (Å²) in [5.74, 6) is 0.721. The van der Waals surface area contributed by atoms with E-state index >= 15 is 0 Å². The molecule has 0 atom stereocenters. The van der Waals surface area contributed by atoms with Gasteiger partial charge in [0.15, 0.2) is 0 Å². The van der Waals surface area contributed by atoms with Crippen molar-refractivity contribution < 1.29 is 13.2 Å². The van der Waals surface area contributed by atoms with Gasteiger partial charge in [0.2, 0.25) is 15.9 Å². The van der Waals surface area contributed by atoms with Crippen molar-refractivity contribution in [3.8, 4) is 0 Å². The van der Waals surface area contributed by atoms with Crippen LogP contribution in [0, 0.1) is 0 Å². The summed E-state index contributed by atoms with van der Waals surface area (Å²) in [5, 5.41) is 3.10. The largest absolute Gasteiger partial charge is 0.354 e. The highest BCUT2D eigenvalue weighted by molar-refractivity contribution is 7.89. The first-order valence-corrected chi connectivity index (χ1v) is 12.2. The van der Waals surface area contributed by atoms with Gasteiger partial charge in [-0.3, -0.25) is 9.69 Å². The minimum atomic E-state index is -3.57. The first-order chi connectivity index (χ1) is 14.9. The van der Waals surface area contributed by atoms with Crippen LogP contribution in [0.5, 0.6) is 0 Å².